The van der Waals surface area contributed by atoms with Gasteiger partial charge in [0.15, 0.2) is 0 Å². The minimum Gasteiger partial charge on any atom is -0.351 e. The van der Waals surface area contributed by atoms with Crippen LogP contribution >= 0.6 is 0 Å². The van der Waals surface area contributed by atoms with Gasteiger partial charge >= 0.3 is 6.18 Å². The Morgan fingerprint density at radius 1 is 1.50 bits per heavy atom. The lowest BCUT2D eigenvalue weighted by Gasteiger charge is -2.16. The lowest BCUT2D eigenvalue weighted by Crippen LogP contribution is -2.35. The van der Waals surface area contributed by atoms with Gasteiger partial charge in [-0.25, -0.2) is 0 Å². The maximum atomic E-state index is 12.1. The molecule has 1 aliphatic rings. The lowest BCUT2D eigenvalue weighted by atomic mass is 9.96. The maximum absolute atomic E-state index is 12.1. The van der Waals surface area contributed by atoms with Crippen molar-refractivity contribution in [2.45, 2.75) is 32.0 Å². The third kappa shape index (κ3) is 1.70. The number of hydrogen-bond donors (Lipinski definition) is 1. The maximum Gasteiger partial charge on any atom is 0.400 e. The highest BCUT2D eigenvalue weighted by molar-refractivity contribution is 5.82. The largest absolute Gasteiger partial charge is 0.400 e. The third-order valence-electron chi connectivity index (χ3n) is 1.89. The molecule has 0 aromatic rings. The second kappa shape index (κ2) is 2.37. The minimum atomic E-state index is -4.40. The summed E-state index contributed by atoms with van der Waals surface area (Å²) in [5.74, 6) is -2.74. The van der Waals surface area contributed by atoms with Crippen molar-refractivity contribution < 1.29 is 18.0 Å². The van der Waals surface area contributed by atoms with Gasteiger partial charge in [0, 0.05) is 5.54 Å². The summed E-state index contributed by atoms with van der Waals surface area (Å²) in [5.41, 5.74) is -0.725. The molecule has 12 heavy (non-hydrogen) atoms. The van der Waals surface area contributed by atoms with Gasteiger partial charge in [0.1, 0.15) is 5.92 Å². The van der Waals surface area contributed by atoms with Crippen LogP contribution in [0.3, 0.4) is 0 Å². The summed E-state index contributed by atoms with van der Waals surface area (Å²) < 4.78 is 36.3. The molecule has 0 spiro atoms. The van der Waals surface area contributed by atoms with Gasteiger partial charge in [0.25, 0.3) is 0 Å². The standard InChI is InChI=1S/C7H10F3NO/c1-6(2)3-4(5(12)11-6)7(8,9)10/h4H,3H2,1-2H3,(H,11,12). The first-order chi connectivity index (χ1) is 5.22. The number of carbonyl (C=O) groups excluding carboxylic acids is 1. The van der Waals surface area contributed by atoms with E-state index < -0.39 is 23.5 Å². The van der Waals surface area contributed by atoms with Gasteiger partial charge in [0.2, 0.25) is 5.91 Å². The molecular formula is C7H10F3NO. The molecule has 0 radical (unpaired) electrons. The summed E-state index contributed by atoms with van der Waals surface area (Å²) in [7, 11) is 0. The van der Waals surface area contributed by atoms with E-state index in [4.69, 9.17) is 0 Å². The molecule has 1 fully saturated rings. The molecular weight excluding hydrogens is 171 g/mol. The fourth-order valence-electron chi connectivity index (χ4n) is 1.34. The Hall–Kier alpha value is -0.740. The van der Waals surface area contributed by atoms with Gasteiger partial charge in [-0.1, -0.05) is 0 Å². The van der Waals surface area contributed by atoms with Crippen molar-refractivity contribution in [1.82, 2.24) is 5.32 Å². The molecule has 1 rings (SSSR count). The molecule has 1 N–H and O–H groups in total. The van der Waals surface area contributed by atoms with E-state index in [-0.39, 0.29) is 6.42 Å². The van der Waals surface area contributed by atoms with Crippen LogP contribution < -0.4 is 5.32 Å². The average molecular weight is 181 g/mol. The van der Waals surface area contributed by atoms with E-state index in [1.165, 1.54) is 0 Å². The van der Waals surface area contributed by atoms with E-state index in [1.807, 2.05) is 0 Å². The van der Waals surface area contributed by atoms with Crippen LogP contribution in [0.2, 0.25) is 0 Å². The van der Waals surface area contributed by atoms with Crippen LogP contribution in [0.25, 0.3) is 0 Å². The van der Waals surface area contributed by atoms with E-state index >= 15 is 0 Å². The Labute approximate surface area is 68.1 Å². The van der Waals surface area contributed by atoms with Crippen LogP contribution in [0.4, 0.5) is 13.2 Å². The van der Waals surface area contributed by atoms with E-state index in [0.29, 0.717) is 0 Å². The summed E-state index contributed by atoms with van der Waals surface area (Å²) in [6.07, 6.45) is -4.58. The molecule has 2 nitrogen and oxygen atoms in total. The molecule has 1 unspecified atom stereocenters. The summed E-state index contributed by atoms with van der Waals surface area (Å²) in [6.45, 7) is 3.16. The fraction of sp³-hybridized carbons (Fsp3) is 0.857. The molecule has 0 bridgehead atoms. The summed E-state index contributed by atoms with van der Waals surface area (Å²) in [5, 5.41) is 2.29. The number of amides is 1. The van der Waals surface area contributed by atoms with Crippen molar-refractivity contribution in [3.8, 4) is 0 Å². The Morgan fingerprint density at radius 2 is 2.00 bits per heavy atom. The van der Waals surface area contributed by atoms with Crippen LogP contribution in [0.15, 0.2) is 0 Å². The summed E-state index contributed by atoms with van der Waals surface area (Å²) in [4.78, 5) is 10.8. The number of rotatable bonds is 0. The van der Waals surface area contributed by atoms with Gasteiger partial charge in [-0.3, -0.25) is 4.79 Å². The molecule has 70 valence electrons. The van der Waals surface area contributed by atoms with Crippen molar-refractivity contribution in [2.75, 3.05) is 0 Å². The third-order valence-corrected chi connectivity index (χ3v) is 1.89. The average Bonchev–Trinajstić information content (AvgIpc) is 2.03. The van der Waals surface area contributed by atoms with E-state index in [2.05, 4.69) is 5.32 Å². The minimum absolute atomic E-state index is 0.171. The van der Waals surface area contributed by atoms with Crippen molar-refractivity contribution >= 4 is 5.91 Å². The van der Waals surface area contributed by atoms with Crippen LogP contribution in [-0.2, 0) is 4.79 Å². The highest BCUT2D eigenvalue weighted by atomic mass is 19.4. The van der Waals surface area contributed by atoms with Gasteiger partial charge in [-0.2, -0.15) is 13.2 Å². The second-order valence-corrected chi connectivity index (χ2v) is 3.67. The van der Waals surface area contributed by atoms with Crippen molar-refractivity contribution in [1.29, 1.82) is 0 Å². The normalized spacial score (nSPS) is 28.8. The monoisotopic (exact) mass is 181 g/mol. The first kappa shape index (κ1) is 9.35. The fourth-order valence-corrected chi connectivity index (χ4v) is 1.34. The summed E-state index contributed by atoms with van der Waals surface area (Å²) >= 11 is 0. The Balaban J connectivity index is 2.78. The van der Waals surface area contributed by atoms with E-state index in [9.17, 15) is 18.0 Å². The molecule has 1 aliphatic heterocycles. The zero-order valence-electron chi connectivity index (χ0n) is 6.83. The first-order valence-electron chi connectivity index (χ1n) is 3.61. The number of halogens is 3. The van der Waals surface area contributed by atoms with Crippen LogP contribution in [0, 0.1) is 5.92 Å². The number of nitrogens with one attached hydrogen (secondary N) is 1. The van der Waals surface area contributed by atoms with Crippen molar-refractivity contribution in [2.24, 2.45) is 5.92 Å². The van der Waals surface area contributed by atoms with Crippen molar-refractivity contribution in [3.63, 3.8) is 0 Å². The van der Waals surface area contributed by atoms with Gasteiger partial charge < -0.3 is 5.32 Å². The van der Waals surface area contributed by atoms with E-state index in [1.54, 1.807) is 13.8 Å². The highest BCUT2D eigenvalue weighted by Gasteiger charge is 2.52. The van der Waals surface area contributed by atoms with Gasteiger partial charge in [-0.15, -0.1) is 0 Å². The van der Waals surface area contributed by atoms with Gasteiger partial charge in [-0.05, 0) is 20.3 Å². The van der Waals surface area contributed by atoms with Crippen molar-refractivity contribution in [3.05, 3.63) is 0 Å². The molecule has 0 saturated carbocycles. The van der Waals surface area contributed by atoms with Gasteiger partial charge in [0.05, 0.1) is 0 Å². The van der Waals surface area contributed by atoms with Crippen LogP contribution in [-0.4, -0.2) is 17.6 Å². The quantitative estimate of drug-likeness (QED) is 0.602. The number of carbonyl (C=O) groups is 1. The Bertz CT molecular complexity index is 209. The zero-order valence-corrected chi connectivity index (χ0v) is 6.83. The molecule has 1 heterocycles. The zero-order chi connectivity index (χ0) is 9.57. The topological polar surface area (TPSA) is 29.1 Å². The highest BCUT2D eigenvalue weighted by Crippen LogP contribution is 2.36. The SMILES string of the molecule is CC1(C)CC(C(F)(F)F)C(=O)N1. The molecule has 1 atom stereocenters. The Kier molecular flexibility index (Phi) is 1.85. The smallest absolute Gasteiger partial charge is 0.351 e. The molecule has 0 aromatic heterocycles. The number of alkyl halides is 3. The Morgan fingerprint density at radius 3 is 2.17 bits per heavy atom. The van der Waals surface area contributed by atoms with Crippen LogP contribution in [0.1, 0.15) is 20.3 Å². The second-order valence-electron chi connectivity index (χ2n) is 3.67. The predicted octanol–water partition coefficient (Wildman–Crippen LogP) is 1.46. The van der Waals surface area contributed by atoms with Crippen LogP contribution in [0.5, 0.6) is 0 Å². The summed E-state index contributed by atoms with van der Waals surface area (Å²) in [6, 6.07) is 0. The molecule has 1 saturated heterocycles. The molecule has 0 aliphatic carbocycles. The molecule has 0 aromatic carbocycles. The number of hydrogen-bond acceptors (Lipinski definition) is 1. The lowest BCUT2D eigenvalue weighted by molar-refractivity contribution is -0.178. The van der Waals surface area contributed by atoms with E-state index in [0.717, 1.165) is 0 Å². The first-order valence-corrected chi connectivity index (χ1v) is 3.61. The molecule has 5 heteroatoms. The predicted molar refractivity (Wildman–Crippen MR) is 36.4 cm³/mol. The molecule has 1 amide bonds.